The average Bonchev–Trinajstić information content (AvgIpc) is 3.47. The number of hydrogen-bond acceptors (Lipinski definition) is 5. The van der Waals surface area contributed by atoms with Crippen molar-refractivity contribution in [3.05, 3.63) is 95.8 Å². The minimum Gasteiger partial charge on any atom is -0.495 e. The second-order valence-electron chi connectivity index (χ2n) is 10.3. The van der Waals surface area contributed by atoms with Gasteiger partial charge in [-0.3, -0.25) is 13.9 Å². The fourth-order valence-electron chi connectivity index (χ4n) is 5.14. The number of benzene rings is 3. The minimum absolute atomic E-state index is 0.0156. The van der Waals surface area contributed by atoms with Gasteiger partial charge in [0.05, 0.1) is 19.1 Å². The van der Waals surface area contributed by atoms with Gasteiger partial charge in [-0.15, -0.1) is 0 Å². The Kier molecular flexibility index (Phi) is 9.99. The fourth-order valence-corrected chi connectivity index (χ4v) is 5.99. The van der Waals surface area contributed by atoms with Crippen molar-refractivity contribution >= 4 is 27.5 Å². The van der Waals surface area contributed by atoms with E-state index in [-0.39, 0.29) is 36.4 Å². The van der Waals surface area contributed by atoms with Crippen LogP contribution in [-0.2, 0) is 32.6 Å². The summed E-state index contributed by atoms with van der Waals surface area (Å²) in [5, 5.41) is 3.12. The molecule has 4 rings (SSSR count). The summed E-state index contributed by atoms with van der Waals surface area (Å²) in [6, 6.07) is 20.7. The summed E-state index contributed by atoms with van der Waals surface area (Å²) >= 11 is 0. The molecule has 1 N–H and O–H groups in total. The Morgan fingerprint density at radius 2 is 1.59 bits per heavy atom. The number of anilines is 1. The van der Waals surface area contributed by atoms with Gasteiger partial charge in [-0.05, 0) is 48.2 Å². The summed E-state index contributed by atoms with van der Waals surface area (Å²) in [6.07, 6.45) is 5.02. The van der Waals surface area contributed by atoms with Crippen LogP contribution < -0.4 is 14.4 Å². The van der Waals surface area contributed by atoms with E-state index in [2.05, 4.69) is 5.32 Å². The number of ether oxygens (including phenoxy) is 1. The highest BCUT2D eigenvalue weighted by Gasteiger charge is 2.34. The Morgan fingerprint density at radius 1 is 0.951 bits per heavy atom. The normalized spacial score (nSPS) is 14.3. The number of para-hydroxylation sites is 2. The summed E-state index contributed by atoms with van der Waals surface area (Å²) in [7, 11) is -2.50. The monoisotopic (exact) mass is 581 g/mol. The van der Waals surface area contributed by atoms with Crippen LogP contribution in [0.4, 0.5) is 10.1 Å². The molecule has 1 aliphatic carbocycles. The molecule has 10 heteroatoms. The summed E-state index contributed by atoms with van der Waals surface area (Å²) in [6.45, 7) is -0.569. The molecule has 0 aromatic heterocycles. The average molecular weight is 582 g/mol. The molecule has 0 aliphatic heterocycles. The van der Waals surface area contributed by atoms with E-state index in [1.165, 1.54) is 24.1 Å². The van der Waals surface area contributed by atoms with Crippen LogP contribution in [0, 0.1) is 5.82 Å². The second-order valence-corrected chi connectivity index (χ2v) is 12.2. The third-order valence-corrected chi connectivity index (χ3v) is 8.40. The van der Waals surface area contributed by atoms with Crippen molar-refractivity contribution in [1.82, 2.24) is 10.2 Å². The quantitative estimate of drug-likeness (QED) is 0.344. The molecular weight excluding hydrogens is 545 g/mol. The molecule has 3 aromatic rings. The lowest BCUT2D eigenvalue weighted by molar-refractivity contribution is -0.140. The molecule has 1 aliphatic rings. The maximum atomic E-state index is 14.1. The molecule has 41 heavy (non-hydrogen) atoms. The Balaban J connectivity index is 1.73. The highest BCUT2D eigenvalue weighted by molar-refractivity contribution is 7.92. The SMILES string of the molecule is COc1ccccc1N(CC(=O)N(Cc1ccc(F)cc1)[C@H](Cc1ccccc1)C(=O)NC1CCCC1)S(C)(=O)=O. The standard InChI is InChI=1S/C31H36FN3O5S/c1-40-29-15-9-8-14-27(29)35(41(2,38)39)22-30(36)34(21-24-16-18-25(32)19-17-24)28(20-23-10-4-3-5-11-23)31(37)33-26-12-6-7-13-26/h3-5,8-11,14-19,26,28H,6-7,12-13,20-22H2,1-2H3,(H,33,37)/t28-/m1/s1. The lowest BCUT2D eigenvalue weighted by atomic mass is 10.0. The third-order valence-electron chi connectivity index (χ3n) is 7.27. The smallest absolute Gasteiger partial charge is 0.244 e. The Hall–Kier alpha value is -3.92. The maximum Gasteiger partial charge on any atom is 0.244 e. The van der Waals surface area contributed by atoms with Crippen molar-refractivity contribution in [2.45, 2.75) is 50.7 Å². The van der Waals surface area contributed by atoms with Gasteiger partial charge in [0, 0.05) is 19.0 Å². The number of methoxy groups -OCH3 is 1. The van der Waals surface area contributed by atoms with Crippen LogP contribution >= 0.6 is 0 Å². The number of amides is 2. The first-order valence-corrected chi connectivity index (χ1v) is 15.5. The van der Waals surface area contributed by atoms with Gasteiger partial charge in [0.2, 0.25) is 21.8 Å². The van der Waals surface area contributed by atoms with Gasteiger partial charge in [-0.1, -0.05) is 67.4 Å². The molecule has 0 spiro atoms. The van der Waals surface area contributed by atoms with Gasteiger partial charge >= 0.3 is 0 Å². The predicted molar refractivity (Wildman–Crippen MR) is 156 cm³/mol. The van der Waals surface area contributed by atoms with Crippen molar-refractivity contribution in [3.63, 3.8) is 0 Å². The molecular formula is C31H36FN3O5S. The van der Waals surface area contributed by atoms with Crippen molar-refractivity contribution in [2.75, 3.05) is 24.2 Å². The summed E-state index contributed by atoms with van der Waals surface area (Å²) in [4.78, 5) is 29.4. The van der Waals surface area contributed by atoms with Crippen molar-refractivity contribution in [3.8, 4) is 5.75 Å². The number of carbonyl (C=O) groups excluding carboxylic acids is 2. The molecule has 8 nitrogen and oxygen atoms in total. The summed E-state index contributed by atoms with van der Waals surface area (Å²) in [5.41, 5.74) is 1.66. The Morgan fingerprint density at radius 3 is 2.22 bits per heavy atom. The van der Waals surface area contributed by atoms with E-state index in [4.69, 9.17) is 4.74 Å². The molecule has 0 radical (unpaired) electrons. The van der Waals surface area contributed by atoms with Gasteiger partial charge in [-0.25, -0.2) is 12.8 Å². The van der Waals surface area contributed by atoms with Crippen LogP contribution in [-0.4, -0.2) is 57.1 Å². The van der Waals surface area contributed by atoms with Crippen LogP contribution in [0.5, 0.6) is 5.75 Å². The highest BCUT2D eigenvalue weighted by atomic mass is 32.2. The van der Waals surface area contributed by atoms with Gasteiger partial charge in [-0.2, -0.15) is 0 Å². The number of sulfonamides is 1. The molecule has 1 fully saturated rings. The van der Waals surface area contributed by atoms with E-state index in [0.29, 0.717) is 5.56 Å². The summed E-state index contributed by atoms with van der Waals surface area (Å²) in [5.74, 6) is -1.02. The largest absolute Gasteiger partial charge is 0.495 e. The predicted octanol–water partition coefficient (Wildman–Crippen LogP) is 4.30. The highest BCUT2D eigenvalue weighted by Crippen LogP contribution is 2.30. The topological polar surface area (TPSA) is 96.0 Å². The zero-order valence-corrected chi connectivity index (χ0v) is 24.1. The summed E-state index contributed by atoms with van der Waals surface area (Å²) < 4.78 is 46.0. The van der Waals surface area contributed by atoms with Crippen molar-refractivity contribution in [2.24, 2.45) is 0 Å². The number of carbonyl (C=O) groups is 2. The lowest BCUT2D eigenvalue weighted by Crippen LogP contribution is -2.54. The van der Waals surface area contributed by atoms with Crippen molar-refractivity contribution < 1.29 is 27.1 Å². The Bertz CT molecular complexity index is 1430. The molecule has 0 unspecified atom stereocenters. The van der Waals surface area contributed by atoms with E-state index in [0.717, 1.165) is 41.8 Å². The van der Waals surface area contributed by atoms with Gasteiger partial charge < -0.3 is 15.0 Å². The maximum absolute atomic E-state index is 14.1. The molecule has 2 amide bonds. The molecule has 0 heterocycles. The number of hydrogen-bond donors (Lipinski definition) is 1. The number of nitrogens with zero attached hydrogens (tertiary/aromatic N) is 2. The molecule has 0 bridgehead atoms. The third kappa shape index (κ3) is 8.07. The van der Waals surface area contributed by atoms with Crippen LogP contribution in [0.15, 0.2) is 78.9 Å². The number of nitrogens with one attached hydrogen (secondary N) is 1. The first kappa shape index (κ1) is 30.0. The van der Waals surface area contributed by atoms with Gasteiger partial charge in [0.15, 0.2) is 0 Å². The van der Waals surface area contributed by atoms with Crippen LogP contribution in [0.2, 0.25) is 0 Å². The fraction of sp³-hybridized carbons (Fsp3) is 0.355. The second kappa shape index (κ2) is 13.6. The zero-order chi connectivity index (χ0) is 29.4. The van der Waals surface area contributed by atoms with Gasteiger partial charge in [0.1, 0.15) is 24.2 Å². The molecule has 218 valence electrons. The molecule has 0 saturated heterocycles. The molecule has 1 saturated carbocycles. The van der Waals surface area contributed by atoms with E-state index in [1.807, 2.05) is 30.3 Å². The zero-order valence-electron chi connectivity index (χ0n) is 23.3. The van der Waals surface area contributed by atoms with E-state index in [9.17, 15) is 22.4 Å². The first-order chi connectivity index (χ1) is 19.7. The first-order valence-electron chi connectivity index (χ1n) is 13.6. The number of rotatable bonds is 12. The lowest BCUT2D eigenvalue weighted by Gasteiger charge is -2.34. The van der Waals surface area contributed by atoms with E-state index >= 15 is 0 Å². The minimum atomic E-state index is -3.93. The van der Waals surface area contributed by atoms with Crippen LogP contribution in [0.1, 0.15) is 36.8 Å². The number of halogens is 1. The van der Waals surface area contributed by atoms with E-state index in [1.54, 1.807) is 36.4 Å². The Labute approximate surface area is 241 Å². The molecule has 1 atom stereocenters. The van der Waals surface area contributed by atoms with Crippen LogP contribution in [0.25, 0.3) is 0 Å². The van der Waals surface area contributed by atoms with Gasteiger partial charge in [0.25, 0.3) is 0 Å². The van der Waals surface area contributed by atoms with E-state index < -0.39 is 34.3 Å². The van der Waals surface area contributed by atoms with Crippen LogP contribution in [0.3, 0.4) is 0 Å². The van der Waals surface area contributed by atoms with Crippen molar-refractivity contribution in [1.29, 1.82) is 0 Å². The molecule has 3 aromatic carbocycles.